The summed E-state index contributed by atoms with van der Waals surface area (Å²) in [4.78, 5) is 11.7. The molecule has 0 heterocycles. The van der Waals surface area contributed by atoms with Crippen LogP contribution < -0.4 is 5.32 Å². The summed E-state index contributed by atoms with van der Waals surface area (Å²) in [7, 11) is 0. The van der Waals surface area contributed by atoms with Crippen molar-refractivity contribution in [2.75, 3.05) is 12.3 Å². The average molecular weight is 194 g/mol. The summed E-state index contributed by atoms with van der Waals surface area (Å²) in [5.74, 6) is 0.936. The minimum Gasteiger partial charge on any atom is -0.356 e. The zero-order chi connectivity index (χ0) is 9.52. The van der Waals surface area contributed by atoms with E-state index in [1.807, 2.05) is 24.3 Å². The molecule has 1 aromatic rings. The fourth-order valence-electron chi connectivity index (χ4n) is 0.864. The van der Waals surface area contributed by atoms with Crippen molar-refractivity contribution in [3.63, 3.8) is 0 Å². The van der Waals surface area contributed by atoms with Crippen LogP contribution in [0.15, 0.2) is 29.2 Å². The highest BCUT2D eigenvalue weighted by Gasteiger charge is 1.93. The van der Waals surface area contributed by atoms with Gasteiger partial charge in [0, 0.05) is 24.1 Å². The minimum absolute atomic E-state index is 0.0296. The summed E-state index contributed by atoms with van der Waals surface area (Å²) < 4.78 is 0. The molecule has 0 spiro atoms. The lowest BCUT2D eigenvalue weighted by atomic mass is 10.4. The highest BCUT2D eigenvalue weighted by molar-refractivity contribution is 7.99. The smallest absolute Gasteiger partial charge is 0.216 e. The second-order valence-electron chi connectivity index (χ2n) is 2.57. The first-order valence-electron chi connectivity index (χ1n) is 4.12. The van der Waals surface area contributed by atoms with Gasteiger partial charge in [-0.05, 0) is 18.2 Å². The van der Waals surface area contributed by atoms with Gasteiger partial charge in [-0.25, -0.2) is 0 Å². The summed E-state index contributed by atoms with van der Waals surface area (Å²) in [5, 5.41) is 2.75. The molecule has 1 N–H and O–H groups in total. The first-order valence-corrected chi connectivity index (χ1v) is 5.11. The second-order valence-corrected chi connectivity index (χ2v) is 3.74. The van der Waals surface area contributed by atoms with E-state index in [4.69, 9.17) is 0 Å². The molecule has 69 valence electrons. The van der Waals surface area contributed by atoms with Crippen molar-refractivity contribution in [1.29, 1.82) is 0 Å². The van der Waals surface area contributed by atoms with E-state index in [0.717, 1.165) is 12.3 Å². The van der Waals surface area contributed by atoms with Crippen molar-refractivity contribution in [1.82, 2.24) is 5.32 Å². The molecule has 0 bridgehead atoms. The number of carbonyl (C=O) groups is 1. The molecule has 0 saturated carbocycles. The van der Waals surface area contributed by atoms with Gasteiger partial charge in [-0.1, -0.05) is 12.1 Å². The molecule has 0 saturated heterocycles. The van der Waals surface area contributed by atoms with Crippen LogP contribution in [0.2, 0.25) is 0 Å². The lowest BCUT2D eigenvalue weighted by Gasteiger charge is -2.01. The maximum Gasteiger partial charge on any atom is 0.216 e. The average Bonchev–Trinajstić information content (AvgIpc) is 2.14. The van der Waals surface area contributed by atoms with Crippen molar-refractivity contribution in [3.05, 3.63) is 30.3 Å². The van der Waals surface area contributed by atoms with Crippen LogP contribution in [0.3, 0.4) is 0 Å². The first kappa shape index (κ1) is 10.1. The summed E-state index contributed by atoms with van der Waals surface area (Å²) in [6, 6.07) is 10.8. The second kappa shape index (κ2) is 5.65. The van der Waals surface area contributed by atoms with Crippen LogP contribution in [0.1, 0.15) is 6.92 Å². The number of carbonyl (C=O) groups excluding carboxylic acids is 1. The number of benzene rings is 1. The van der Waals surface area contributed by atoms with Gasteiger partial charge in [0.2, 0.25) is 5.91 Å². The molecule has 1 amide bonds. The molecule has 0 aliphatic rings. The number of rotatable bonds is 4. The lowest BCUT2D eigenvalue weighted by molar-refractivity contribution is -0.118. The van der Waals surface area contributed by atoms with Gasteiger partial charge in [-0.15, -0.1) is 11.8 Å². The number of hydrogen-bond donors (Lipinski definition) is 1. The molecule has 1 rings (SSSR count). The van der Waals surface area contributed by atoms with Crippen LogP contribution in [0.5, 0.6) is 0 Å². The Hall–Kier alpha value is -0.960. The van der Waals surface area contributed by atoms with E-state index in [0.29, 0.717) is 0 Å². The van der Waals surface area contributed by atoms with E-state index in [1.165, 1.54) is 11.8 Å². The lowest BCUT2D eigenvalue weighted by Crippen LogP contribution is -2.22. The Kier molecular flexibility index (Phi) is 4.40. The monoisotopic (exact) mass is 194 g/mol. The normalized spacial score (nSPS) is 9.62. The molecule has 2 nitrogen and oxygen atoms in total. The third-order valence-corrected chi connectivity index (χ3v) is 2.45. The standard InChI is InChI=1S/C10H12NOS/c1-9(12)11-7-8-13-10-5-3-2-4-6-10/h3-6H,7-8H2,1H3,(H,11,12). The van der Waals surface area contributed by atoms with Gasteiger partial charge in [-0.3, -0.25) is 4.79 Å². The molecule has 0 fully saturated rings. The molecule has 0 unspecified atom stereocenters. The first-order chi connectivity index (χ1) is 6.29. The zero-order valence-electron chi connectivity index (χ0n) is 7.54. The molecule has 0 aliphatic carbocycles. The number of thioether (sulfide) groups is 1. The van der Waals surface area contributed by atoms with Crippen molar-refractivity contribution in [2.45, 2.75) is 11.8 Å². The fraction of sp³-hybridized carbons (Fsp3) is 0.300. The van der Waals surface area contributed by atoms with E-state index < -0.39 is 0 Å². The Balaban J connectivity index is 2.17. The number of hydrogen-bond acceptors (Lipinski definition) is 2. The highest BCUT2D eigenvalue weighted by Crippen LogP contribution is 2.15. The van der Waals surface area contributed by atoms with Crippen LogP contribution in [0.4, 0.5) is 0 Å². The number of nitrogens with one attached hydrogen (secondary N) is 1. The Morgan fingerprint density at radius 3 is 2.85 bits per heavy atom. The van der Waals surface area contributed by atoms with Crippen molar-refractivity contribution in [3.8, 4) is 0 Å². The van der Waals surface area contributed by atoms with Gasteiger partial charge >= 0.3 is 0 Å². The van der Waals surface area contributed by atoms with Crippen LogP contribution in [-0.2, 0) is 4.79 Å². The minimum atomic E-state index is 0.0296. The van der Waals surface area contributed by atoms with Crippen LogP contribution >= 0.6 is 11.8 Å². The van der Waals surface area contributed by atoms with Crippen LogP contribution in [0.25, 0.3) is 0 Å². The number of amides is 1. The molecule has 0 atom stereocenters. The third kappa shape index (κ3) is 4.58. The summed E-state index contributed by atoms with van der Waals surface area (Å²) in [6.07, 6.45) is 0. The molecule has 0 aliphatic heterocycles. The maximum atomic E-state index is 10.5. The van der Waals surface area contributed by atoms with Crippen LogP contribution in [0, 0.1) is 6.07 Å². The van der Waals surface area contributed by atoms with Crippen molar-refractivity contribution < 1.29 is 4.79 Å². The van der Waals surface area contributed by atoms with E-state index in [9.17, 15) is 4.79 Å². The Labute approximate surface area is 82.7 Å². The largest absolute Gasteiger partial charge is 0.356 e. The summed E-state index contributed by atoms with van der Waals surface area (Å²) >= 11 is 1.73. The van der Waals surface area contributed by atoms with E-state index >= 15 is 0 Å². The van der Waals surface area contributed by atoms with Gasteiger partial charge in [-0.2, -0.15) is 0 Å². The maximum absolute atomic E-state index is 10.5. The predicted octanol–water partition coefficient (Wildman–Crippen LogP) is 1.71. The van der Waals surface area contributed by atoms with Gasteiger partial charge in [0.15, 0.2) is 0 Å². The molecule has 1 aromatic carbocycles. The van der Waals surface area contributed by atoms with Crippen molar-refractivity contribution >= 4 is 17.7 Å². The fourth-order valence-corrected chi connectivity index (χ4v) is 1.63. The molecular weight excluding hydrogens is 182 g/mol. The summed E-state index contributed by atoms with van der Waals surface area (Å²) in [5.41, 5.74) is 0. The third-order valence-electron chi connectivity index (χ3n) is 1.43. The predicted molar refractivity (Wildman–Crippen MR) is 54.7 cm³/mol. The van der Waals surface area contributed by atoms with Gasteiger partial charge in [0.1, 0.15) is 0 Å². The molecular formula is C10H12NOS. The summed E-state index contributed by atoms with van der Waals surface area (Å²) in [6.45, 7) is 2.25. The van der Waals surface area contributed by atoms with E-state index in [1.54, 1.807) is 11.8 Å². The topological polar surface area (TPSA) is 29.1 Å². The Morgan fingerprint density at radius 1 is 1.54 bits per heavy atom. The molecule has 13 heavy (non-hydrogen) atoms. The van der Waals surface area contributed by atoms with Gasteiger partial charge < -0.3 is 5.32 Å². The van der Waals surface area contributed by atoms with Crippen molar-refractivity contribution in [2.24, 2.45) is 0 Å². The molecule has 0 aromatic heterocycles. The van der Waals surface area contributed by atoms with Gasteiger partial charge in [0.25, 0.3) is 0 Å². The Morgan fingerprint density at radius 2 is 2.23 bits per heavy atom. The van der Waals surface area contributed by atoms with Gasteiger partial charge in [0.05, 0.1) is 0 Å². The SMILES string of the molecule is CC(=O)NCCSc1cc[c]cc1. The molecule has 3 heteroatoms. The van der Waals surface area contributed by atoms with Crippen LogP contribution in [-0.4, -0.2) is 18.2 Å². The zero-order valence-corrected chi connectivity index (χ0v) is 8.36. The Bertz CT molecular complexity index is 261. The van der Waals surface area contributed by atoms with E-state index in [-0.39, 0.29) is 5.91 Å². The quantitative estimate of drug-likeness (QED) is 0.584. The highest BCUT2D eigenvalue weighted by atomic mass is 32.2. The van der Waals surface area contributed by atoms with E-state index in [2.05, 4.69) is 11.4 Å². The molecule has 1 radical (unpaired) electrons.